The summed E-state index contributed by atoms with van der Waals surface area (Å²) < 4.78 is 26.1. The third-order valence-corrected chi connectivity index (χ3v) is 4.16. The molecular formula is C13H21ClN2O2S. The van der Waals surface area contributed by atoms with Crippen molar-refractivity contribution in [1.29, 1.82) is 0 Å². The smallest absolute Gasteiger partial charge is 0.232 e. The van der Waals surface area contributed by atoms with E-state index >= 15 is 0 Å². The number of nitrogens with zero attached hydrogens (tertiary/aromatic N) is 1. The lowest BCUT2D eigenvalue weighted by Crippen LogP contribution is -2.17. The van der Waals surface area contributed by atoms with Gasteiger partial charge in [-0.3, -0.25) is 4.72 Å². The maximum absolute atomic E-state index is 11.8. The van der Waals surface area contributed by atoms with Crippen LogP contribution in [0.15, 0.2) is 24.3 Å². The molecule has 0 radical (unpaired) electrons. The van der Waals surface area contributed by atoms with Gasteiger partial charge in [-0.05, 0) is 44.6 Å². The summed E-state index contributed by atoms with van der Waals surface area (Å²) in [6.07, 6.45) is 1.29. The first kappa shape index (κ1) is 16.3. The fourth-order valence-corrected chi connectivity index (χ4v) is 3.03. The van der Waals surface area contributed by atoms with Crippen LogP contribution in [-0.4, -0.2) is 39.0 Å². The first-order valence-electron chi connectivity index (χ1n) is 6.23. The Labute approximate surface area is 120 Å². The lowest BCUT2D eigenvalue weighted by molar-refractivity contribution is 0.402. The summed E-state index contributed by atoms with van der Waals surface area (Å²) in [5, 5.41) is 0. The highest BCUT2D eigenvalue weighted by Gasteiger charge is 2.09. The van der Waals surface area contributed by atoms with E-state index in [1.165, 1.54) is 0 Å². The summed E-state index contributed by atoms with van der Waals surface area (Å²) in [7, 11) is 0.725. The van der Waals surface area contributed by atoms with Crippen LogP contribution in [0.2, 0.25) is 0 Å². The minimum absolute atomic E-state index is 0.110. The predicted molar refractivity (Wildman–Crippen MR) is 81.2 cm³/mol. The zero-order chi connectivity index (χ0) is 14.3. The fraction of sp³-hybridized carbons (Fsp3) is 0.538. The van der Waals surface area contributed by atoms with Crippen LogP contribution in [0.25, 0.3) is 0 Å². The number of rotatable bonds is 8. The average Bonchev–Trinajstić information content (AvgIpc) is 2.31. The summed E-state index contributed by atoms with van der Waals surface area (Å²) in [4.78, 5) is 2.06. The molecule has 6 heteroatoms. The van der Waals surface area contributed by atoms with E-state index in [2.05, 4.69) is 9.62 Å². The Hall–Kier alpha value is -0.780. The molecule has 0 aromatic heterocycles. The maximum Gasteiger partial charge on any atom is 0.232 e. The van der Waals surface area contributed by atoms with Gasteiger partial charge in [0.2, 0.25) is 10.0 Å². The second-order valence-electron chi connectivity index (χ2n) is 4.75. The second kappa shape index (κ2) is 7.72. The van der Waals surface area contributed by atoms with E-state index < -0.39 is 10.0 Å². The Morgan fingerprint density at radius 1 is 1.16 bits per heavy atom. The number of nitrogens with one attached hydrogen (secondary N) is 1. The number of halogens is 1. The Bertz CT molecular complexity index is 472. The van der Waals surface area contributed by atoms with Gasteiger partial charge in [0.05, 0.1) is 5.75 Å². The van der Waals surface area contributed by atoms with Gasteiger partial charge in [-0.1, -0.05) is 12.1 Å². The zero-order valence-corrected chi connectivity index (χ0v) is 13.0. The first-order chi connectivity index (χ1) is 8.93. The van der Waals surface area contributed by atoms with Crippen LogP contribution in [0.3, 0.4) is 0 Å². The standard InChI is InChI=1S/C13H21ClN2O2S/c1-16(2)11-12-5-7-13(8-6-12)15-19(17,18)10-4-3-9-14/h5-8,15H,3-4,9-11H2,1-2H3. The van der Waals surface area contributed by atoms with Gasteiger partial charge in [-0.15, -0.1) is 11.6 Å². The molecule has 0 bridgehead atoms. The van der Waals surface area contributed by atoms with Gasteiger partial charge in [0.15, 0.2) is 0 Å². The van der Waals surface area contributed by atoms with Crippen LogP contribution in [0.4, 0.5) is 5.69 Å². The number of hydrogen-bond acceptors (Lipinski definition) is 3. The molecule has 1 rings (SSSR count). The highest BCUT2D eigenvalue weighted by molar-refractivity contribution is 7.92. The van der Waals surface area contributed by atoms with Gasteiger partial charge < -0.3 is 4.90 Å². The van der Waals surface area contributed by atoms with E-state index in [9.17, 15) is 8.42 Å². The summed E-state index contributed by atoms with van der Waals surface area (Å²) in [5.74, 6) is 0.605. The highest BCUT2D eigenvalue weighted by atomic mass is 35.5. The molecule has 0 atom stereocenters. The third kappa shape index (κ3) is 6.80. The van der Waals surface area contributed by atoms with E-state index in [1.807, 2.05) is 26.2 Å². The molecule has 1 N–H and O–H groups in total. The molecule has 1 aromatic rings. The zero-order valence-electron chi connectivity index (χ0n) is 11.4. The monoisotopic (exact) mass is 304 g/mol. The molecule has 0 aliphatic carbocycles. The van der Waals surface area contributed by atoms with Crippen molar-refractivity contribution < 1.29 is 8.42 Å². The molecule has 0 aliphatic heterocycles. The number of benzene rings is 1. The molecular weight excluding hydrogens is 284 g/mol. The normalized spacial score (nSPS) is 11.8. The number of anilines is 1. The molecule has 0 heterocycles. The molecule has 1 aromatic carbocycles. The SMILES string of the molecule is CN(C)Cc1ccc(NS(=O)(=O)CCCCCl)cc1. The highest BCUT2D eigenvalue weighted by Crippen LogP contribution is 2.13. The maximum atomic E-state index is 11.8. The molecule has 108 valence electrons. The predicted octanol–water partition coefficient (Wildman–Crippen LogP) is 2.51. The molecule has 0 spiro atoms. The van der Waals surface area contributed by atoms with Gasteiger partial charge >= 0.3 is 0 Å². The molecule has 0 saturated heterocycles. The van der Waals surface area contributed by atoms with E-state index in [-0.39, 0.29) is 5.75 Å². The van der Waals surface area contributed by atoms with Crippen LogP contribution >= 0.6 is 11.6 Å². The number of alkyl halides is 1. The van der Waals surface area contributed by atoms with E-state index in [0.717, 1.165) is 12.1 Å². The van der Waals surface area contributed by atoms with Crippen LogP contribution in [0.5, 0.6) is 0 Å². The Morgan fingerprint density at radius 2 is 1.79 bits per heavy atom. The van der Waals surface area contributed by atoms with E-state index in [4.69, 9.17) is 11.6 Å². The summed E-state index contributed by atoms with van der Waals surface area (Å²) >= 11 is 5.53. The third-order valence-electron chi connectivity index (χ3n) is 2.52. The molecule has 0 saturated carbocycles. The van der Waals surface area contributed by atoms with Gasteiger partial charge in [-0.25, -0.2) is 8.42 Å². The van der Waals surface area contributed by atoms with Crippen molar-refractivity contribution >= 4 is 27.3 Å². The van der Waals surface area contributed by atoms with Crippen molar-refractivity contribution in [2.24, 2.45) is 0 Å². The van der Waals surface area contributed by atoms with Crippen molar-refractivity contribution in [3.63, 3.8) is 0 Å². The molecule has 4 nitrogen and oxygen atoms in total. The number of sulfonamides is 1. The van der Waals surface area contributed by atoms with Crippen molar-refractivity contribution in [2.45, 2.75) is 19.4 Å². The Morgan fingerprint density at radius 3 is 2.32 bits per heavy atom. The van der Waals surface area contributed by atoms with Crippen LogP contribution in [0, 0.1) is 0 Å². The fourth-order valence-electron chi connectivity index (χ4n) is 1.66. The van der Waals surface area contributed by atoms with E-state index in [1.54, 1.807) is 12.1 Å². The van der Waals surface area contributed by atoms with Crippen LogP contribution in [-0.2, 0) is 16.6 Å². The summed E-state index contributed by atoms with van der Waals surface area (Å²) in [5.41, 5.74) is 1.75. The Kier molecular flexibility index (Phi) is 6.62. The first-order valence-corrected chi connectivity index (χ1v) is 8.42. The van der Waals surface area contributed by atoms with Crippen LogP contribution < -0.4 is 4.72 Å². The van der Waals surface area contributed by atoms with Crippen molar-refractivity contribution in [1.82, 2.24) is 4.90 Å². The molecule has 0 amide bonds. The largest absolute Gasteiger partial charge is 0.305 e. The average molecular weight is 305 g/mol. The lowest BCUT2D eigenvalue weighted by Gasteiger charge is -2.11. The van der Waals surface area contributed by atoms with Gasteiger partial charge in [-0.2, -0.15) is 0 Å². The van der Waals surface area contributed by atoms with Gasteiger partial charge in [0, 0.05) is 18.1 Å². The van der Waals surface area contributed by atoms with Gasteiger partial charge in [0.1, 0.15) is 0 Å². The molecule has 0 unspecified atom stereocenters. The Balaban J connectivity index is 2.57. The summed E-state index contributed by atoms with van der Waals surface area (Å²) in [6.45, 7) is 0.836. The quantitative estimate of drug-likeness (QED) is 0.593. The minimum atomic E-state index is -3.26. The van der Waals surface area contributed by atoms with E-state index in [0.29, 0.717) is 24.4 Å². The topological polar surface area (TPSA) is 49.4 Å². The second-order valence-corrected chi connectivity index (χ2v) is 6.97. The number of unbranched alkanes of at least 4 members (excludes halogenated alkanes) is 1. The molecule has 0 fully saturated rings. The minimum Gasteiger partial charge on any atom is -0.305 e. The summed E-state index contributed by atoms with van der Waals surface area (Å²) in [6, 6.07) is 7.43. The molecule has 19 heavy (non-hydrogen) atoms. The van der Waals surface area contributed by atoms with Crippen molar-refractivity contribution in [3.8, 4) is 0 Å². The number of hydrogen-bond donors (Lipinski definition) is 1. The van der Waals surface area contributed by atoms with Crippen molar-refractivity contribution in [3.05, 3.63) is 29.8 Å². The van der Waals surface area contributed by atoms with Crippen LogP contribution in [0.1, 0.15) is 18.4 Å². The lowest BCUT2D eigenvalue weighted by atomic mass is 10.2. The van der Waals surface area contributed by atoms with Crippen molar-refractivity contribution in [2.75, 3.05) is 30.5 Å². The van der Waals surface area contributed by atoms with Gasteiger partial charge in [0.25, 0.3) is 0 Å². The molecule has 0 aliphatic rings.